The van der Waals surface area contributed by atoms with E-state index in [0.717, 1.165) is 0 Å². The lowest BCUT2D eigenvalue weighted by molar-refractivity contribution is 0.102. The molecule has 3 rings (SSSR count). The van der Waals surface area contributed by atoms with Crippen molar-refractivity contribution in [2.75, 3.05) is 5.32 Å². The molecule has 21 heavy (non-hydrogen) atoms. The molecule has 0 bridgehead atoms. The van der Waals surface area contributed by atoms with E-state index in [1.165, 1.54) is 12.8 Å². The lowest BCUT2D eigenvalue weighted by Crippen LogP contribution is -2.18. The summed E-state index contributed by atoms with van der Waals surface area (Å²) in [7, 11) is 0. The quantitative estimate of drug-likeness (QED) is 0.905. The number of amides is 1. The first kappa shape index (κ1) is 14.4. The summed E-state index contributed by atoms with van der Waals surface area (Å²) in [6.07, 6.45) is 4.13. The second kappa shape index (κ2) is 5.70. The first-order chi connectivity index (χ1) is 10.1. The van der Waals surface area contributed by atoms with E-state index >= 15 is 0 Å². The zero-order valence-electron chi connectivity index (χ0n) is 11.5. The van der Waals surface area contributed by atoms with Crippen molar-refractivity contribution < 1.29 is 4.79 Å². The summed E-state index contributed by atoms with van der Waals surface area (Å²) in [6.45, 7) is 2.12. The summed E-state index contributed by atoms with van der Waals surface area (Å²) in [6, 6.07) is 6.90. The zero-order valence-corrected chi connectivity index (χ0v) is 13.0. The van der Waals surface area contributed by atoms with Gasteiger partial charge in [0.1, 0.15) is 5.82 Å². The standard InChI is InChI=1S/C15H15Cl2N3O/c1-9(10-2-3-10)20-14(6-7-18-20)19-15(21)12-5-4-11(16)8-13(12)17/h4-10H,2-3H2,1H3,(H,19,21). The van der Waals surface area contributed by atoms with Crippen LogP contribution in [0.3, 0.4) is 0 Å². The third-order valence-corrected chi connectivity index (χ3v) is 4.33. The molecule has 1 aromatic heterocycles. The number of hydrogen-bond donors (Lipinski definition) is 1. The molecule has 0 saturated heterocycles. The first-order valence-corrected chi connectivity index (χ1v) is 7.62. The molecule has 0 aliphatic heterocycles. The molecule has 110 valence electrons. The van der Waals surface area contributed by atoms with Crippen molar-refractivity contribution in [1.82, 2.24) is 9.78 Å². The Balaban J connectivity index is 1.80. The molecule has 1 saturated carbocycles. The average molecular weight is 324 g/mol. The average Bonchev–Trinajstić information content (AvgIpc) is 3.18. The fourth-order valence-corrected chi connectivity index (χ4v) is 2.87. The second-order valence-electron chi connectivity index (χ2n) is 5.32. The van der Waals surface area contributed by atoms with Crippen LogP contribution in [-0.4, -0.2) is 15.7 Å². The molecular weight excluding hydrogens is 309 g/mol. The predicted octanol–water partition coefficient (Wildman–Crippen LogP) is 4.41. The molecule has 1 aliphatic rings. The Hall–Kier alpha value is -1.52. The normalized spacial score (nSPS) is 15.8. The van der Waals surface area contributed by atoms with Crippen molar-refractivity contribution in [2.24, 2.45) is 5.92 Å². The molecule has 0 radical (unpaired) electrons. The van der Waals surface area contributed by atoms with Crippen LogP contribution in [0.4, 0.5) is 5.82 Å². The Morgan fingerprint density at radius 2 is 2.14 bits per heavy atom. The van der Waals surface area contributed by atoms with Crippen molar-refractivity contribution in [2.45, 2.75) is 25.8 Å². The first-order valence-electron chi connectivity index (χ1n) is 6.86. The van der Waals surface area contributed by atoms with Gasteiger partial charge >= 0.3 is 0 Å². The van der Waals surface area contributed by atoms with Gasteiger partial charge in [-0.15, -0.1) is 0 Å². The summed E-state index contributed by atoms with van der Waals surface area (Å²) < 4.78 is 1.86. The highest BCUT2D eigenvalue weighted by atomic mass is 35.5. The SMILES string of the molecule is CC(C1CC1)n1nccc1NC(=O)c1ccc(Cl)cc1Cl. The zero-order chi connectivity index (χ0) is 15.0. The number of hydrogen-bond acceptors (Lipinski definition) is 2. The Bertz CT molecular complexity index is 679. The number of benzene rings is 1. The van der Waals surface area contributed by atoms with Gasteiger partial charge < -0.3 is 5.32 Å². The Labute approximate surface area is 133 Å². The topological polar surface area (TPSA) is 46.9 Å². The van der Waals surface area contributed by atoms with E-state index in [2.05, 4.69) is 17.3 Å². The van der Waals surface area contributed by atoms with Gasteiger partial charge in [-0.2, -0.15) is 5.10 Å². The van der Waals surface area contributed by atoms with Gasteiger partial charge in [0.15, 0.2) is 0 Å². The summed E-state index contributed by atoms with van der Waals surface area (Å²) >= 11 is 11.9. The van der Waals surface area contributed by atoms with Gasteiger partial charge in [-0.1, -0.05) is 23.2 Å². The van der Waals surface area contributed by atoms with Gasteiger partial charge in [-0.3, -0.25) is 4.79 Å². The van der Waals surface area contributed by atoms with Gasteiger partial charge in [-0.25, -0.2) is 4.68 Å². The van der Waals surface area contributed by atoms with Crippen molar-refractivity contribution in [3.05, 3.63) is 46.1 Å². The summed E-state index contributed by atoms with van der Waals surface area (Å²) in [4.78, 5) is 12.3. The van der Waals surface area contributed by atoms with Crippen LogP contribution < -0.4 is 5.32 Å². The van der Waals surface area contributed by atoms with Crippen molar-refractivity contribution in [3.8, 4) is 0 Å². The van der Waals surface area contributed by atoms with E-state index in [1.54, 1.807) is 30.5 Å². The summed E-state index contributed by atoms with van der Waals surface area (Å²) in [5.41, 5.74) is 0.396. The monoisotopic (exact) mass is 323 g/mol. The van der Waals surface area contributed by atoms with Crippen LogP contribution in [0.15, 0.2) is 30.5 Å². The molecule has 1 aliphatic carbocycles. The maximum atomic E-state index is 12.3. The number of nitrogens with zero attached hydrogens (tertiary/aromatic N) is 2. The number of aromatic nitrogens is 2. The summed E-state index contributed by atoms with van der Waals surface area (Å²) in [5, 5.41) is 8.01. The molecule has 1 N–H and O–H groups in total. The molecule has 1 fully saturated rings. The van der Waals surface area contributed by atoms with Crippen LogP contribution >= 0.6 is 23.2 Å². The fraction of sp³-hybridized carbons (Fsp3) is 0.333. The highest BCUT2D eigenvalue weighted by molar-refractivity contribution is 6.37. The Morgan fingerprint density at radius 3 is 2.81 bits per heavy atom. The van der Waals surface area contributed by atoms with Crippen LogP contribution in [0.5, 0.6) is 0 Å². The smallest absolute Gasteiger partial charge is 0.258 e. The van der Waals surface area contributed by atoms with Crippen LogP contribution in [-0.2, 0) is 0 Å². The second-order valence-corrected chi connectivity index (χ2v) is 6.16. The van der Waals surface area contributed by atoms with E-state index in [0.29, 0.717) is 27.3 Å². The highest BCUT2D eigenvalue weighted by Gasteiger charge is 2.30. The minimum atomic E-state index is -0.263. The Morgan fingerprint density at radius 1 is 1.38 bits per heavy atom. The van der Waals surface area contributed by atoms with Gasteiger partial charge in [0.2, 0.25) is 0 Å². The van der Waals surface area contributed by atoms with E-state index in [4.69, 9.17) is 23.2 Å². The highest BCUT2D eigenvalue weighted by Crippen LogP contribution is 2.40. The molecule has 1 amide bonds. The van der Waals surface area contributed by atoms with Crippen LogP contribution in [0.25, 0.3) is 0 Å². The molecule has 1 aromatic carbocycles. The largest absolute Gasteiger partial charge is 0.307 e. The number of carbonyl (C=O) groups is 1. The molecule has 1 unspecified atom stereocenters. The van der Waals surface area contributed by atoms with Crippen molar-refractivity contribution in [3.63, 3.8) is 0 Å². The molecule has 2 aromatic rings. The van der Waals surface area contributed by atoms with Crippen LogP contribution in [0.1, 0.15) is 36.2 Å². The number of nitrogens with one attached hydrogen (secondary N) is 1. The molecule has 1 heterocycles. The van der Waals surface area contributed by atoms with E-state index in [1.807, 2.05) is 4.68 Å². The fourth-order valence-electron chi connectivity index (χ4n) is 2.37. The van der Waals surface area contributed by atoms with E-state index in [-0.39, 0.29) is 11.9 Å². The van der Waals surface area contributed by atoms with Gasteiger partial charge in [0, 0.05) is 11.1 Å². The lowest BCUT2D eigenvalue weighted by atomic mass is 10.2. The molecule has 4 nitrogen and oxygen atoms in total. The van der Waals surface area contributed by atoms with Crippen LogP contribution in [0.2, 0.25) is 10.0 Å². The summed E-state index contributed by atoms with van der Waals surface area (Å²) in [5.74, 6) is 1.08. The van der Waals surface area contributed by atoms with Gasteiger partial charge in [0.25, 0.3) is 5.91 Å². The van der Waals surface area contributed by atoms with Gasteiger partial charge in [-0.05, 0) is 43.9 Å². The van der Waals surface area contributed by atoms with E-state index in [9.17, 15) is 4.79 Å². The maximum absolute atomic E-state index is 12.3. The third kappa shape index (κ3) is 3.06. The number of halogens is 2. The minimum absolute atomic E-state index is 0.263. The number of anilines is 1. The van der Waals surface area contributed by atoms with E-state index < -0.39 is 0 Å². The lowest BCUT2D eigenvalue weighted by Gasteiger charge is -2.15. The van der Waals surface area contributed by atoms with Crippen LogP contribution in [0, 0.1) is 5.92 Å². The maximum Gasteiger partial charge on any atom is 0.258 e. The number of rotatable bonds is 4. The molecule has 6 heteroatoms. The minimum Gasteiger partial charge on any atom is -0.307 e. The third-order valence-electron chi connectivity index (χ3n) is 3.78. The molecule has 1 atom stereocenters. The van der Waals surface area contributed by atoms with Gasteiger partial charge in [0.05, 0.1) is 22.8 Å². The number of carbonyl (C=O) groups excluding carboxylic acids is 1. The van der Waals surface area contributed by atoms with Crippen molar-refractivity contribution >= 4 is 34.9 Å². The molecule has 0 spiro atoms. The Kier molecular flexibility index (Phi) is 3.91. The predicted molar refractivity (Wildman–Crippen MR) is 84.1 cm³/mol. The van der Waals surface area contributed by atoms with Crippen molar-refractivity contribution in [1.29, 1.82) is 0 Å². The molecular formula is C15H15Cl2N3O.